The zero-order chi connectivity index (χ0) is 11.4. The van der Waals surface area contributed by atoms with Gasteiger partial charge in [0.1, 0.15) is 0 Å². The van der Waals surface area contributed by atoms with E-state index in [9.17, 15) is 0 Å². The van der Waals surface area contributed by atoms with Crippen LogP contribution in [0.5, 0.6) is 0 Å². The Bertz CT molecular complexity index is 211. The summed E-state index contributed by atoms with van der Waals surface area (Å²) in [6.07, 6.45) is 11.5. The van der Waals surface area contributed by atoms with Crippen LogP contribution in [-0.2, 0) is 0 Å². The van der Waals surface area contributed by atoms with E-state index in [0.717, 1.165) is 6.04 Å². The molecule has 0 radical (unpaired) electrons. The first-order valence-corrected chi connectivity index (χ1v) is 8.22. The van der Waals surface area contributed by atoms with Crippen molar-refractivity contribution >= 4 is 15.9 Å². The van der Waals surface area contributed by atoms with Gasteiger partial charge in [-0.2, -0.15) is 0 Å². The summed E-state index contributed by atoms with van der Waals surface area (Å²) >= 11 is 3.79. The minimum atomic E-state index is 0.607. The molecule has 1 aliphatic carbocycles. The van der Waals surface area contributed by atoms with Gasteiger partial charge < -0.3 is 0 Å². The predicted molar refractivity (Wildman–Crippen MR) is 74.2 cm³/mol. The van der Waals surface area contributed by atoms with Crippen LogP contribution in [0.3, 0.4) is 0 Å². The van der Waals surface area contributed by atoms with E-state index in [1.807, 2.05) is 0 Å². The van der Waals surface area contributed by atoms with Gasteiger partial charge in [-0.3, -0.25) is 4.90 Å². The van der Waals surface area contributed by atoms with Gasteiger partial charge in [-0.05, 0) is 44.1 Å². The summed E-state index contributed by atoms with van der Waals surface area (Å²) in [7, 11) is 0. The molecule has 1 atom stereocenters. The summed E-state index contributed by atoms with van der Waals surface area (Å²) in [5.41, 5.74) is 0.607. The van der Waals surface area contributed by atoms with Gasteiger partial charge in [0.05, 0.1) is 0 Å². The topological polar surface area (TPSA) is 3.24 Å². The lowest BCUT2D eigenvalue weighted by Gasteiger charge is -2.40. The molecule has 0 aromatic carbocycles. The second-order valence-electron chi connectivity index (χ2n) is 5.87. The van der Waals surface area contributed by atoms with E-state index in [-0.39, 0.29) is 0 Å². The molecule has 1 saturated carbocycles. The van der Waals surface area contributed by atoms with E-state index in [0.29, 0.717) is 5.41 Å². The molecule has 1 heterocycles. The summed E-state index contributed by atoms with van der Waals surface area (Å²) in [4.78, 5) is 2.78. The predicted octanol–water partition coefficient (Wildman–Crippen LogP) is 4.21. The summed E-state index contributed by atoms with van der Waals surface area (Å²) in [6, 6.07) is 0.887. The van der Waals surface area contributed by atoms with Crippen LogP contribution in [0, 0.1) is 5.41 Å². The van der Waals surface area contributed by atoms with E-state index >= 15 is 0 Å². The van der Waals surface area contributed by atoms with Crippen LogP contribution in [0.15, 0.2) is 0 Å². The summed E-state index contributed by atoms with van der Waals surface area (Å²) in [6.45, 7) is 5.06. The number of hydrogen-bond donors (Lipinski definition) is 0. The Morgan fingerprint density at radius 3 is 2.56 bits per heavy atom. The number of nitrogens with zero attached hydrogens (tertiary/aromatic N) is 1. The second kappa shape index (κ2) is 5.86. The van der Waals surface area contributed by atoms with Crippen LogP contribution in [0.1, 0.15) is 58.3 Å². The van der Waals surface area contributed by atoms with Crippen molar-refractivity contribution in [1.82, 2.24) is 4.90 Å². The molecule has 0 aromatic heterocycles. The summed E-state index contributed by atoms with van der Waals surface area (Å²) in [5.74, 6) is 0. The molecular formula is C14H26BrN. The quantitative estimate of drug-likeness (QED) is 0.701. The maximum absolute atomic E-state index is 3.79. The Kier molecular flexibility index (Phi) is 4.72. The lowest BCUT2D eigenvalue weighted by molar-refractivity contribution is 0.116. The van der Waals surface area contributed by atoms with Crippen molar-refractivity contribution in [3.05, 3.63) is 0 Å². The van der Waals surface area contributed by atoms with Crippen LogP contribution in [0.25, 0.3) is 0 Å². The summed E-state index contributed by atoms with van der Waals surface area (Å²) < 4.78 is 0. The van der Waals surface area contributed by atoms with Gasteiger partial charge in [-0.1, -0.05) is 42.1 Å². The molecule has 2 aliphatic rings. The Hall–Kier alpha value is 0.440. The molecule has 1 aliphatic heterocycles. The van der Waals surface area contributed by atoms with Crippen molar-refractivity contribution in [2.45, 2.75) is 64.3 Å². The monoisotopic (exact) mass is 287 g/mol. The maximum atomic E-state index is 3.79. The van der Waals surface area contributed by atoms with E-state index in [1.54, 1.807) is 0 Å². The standard InChI is InChI=1S/C14H26BrN/c1-2-13-7-6-10-16(13)12-14(11-15)8-4-3-5-9-14/h13H,2-12H2,1H3. The average molecular weight is 288 g/mol. The third kappa shape index (κ3) is 2.81. The number of likely N-dealkylation sites (tertiary alicyclic amines) is 1. The SMILES string of the molecule is CCC1CCCN1CC1(CBr)CCCCC1. The minimum absolute atomic E-state index is 0.607. The van der Waals surface area contributed by atoms with E-state index in [4.69, 9.17) is 0 Å². The Balaban J connectivity index is 1.94. The van der Waals surface area contributed by atoms with Crippen molar-refractivity contribution in [1.29, 1.82) is 0 Å². The molecule has 1 unspecified atom stereocenters. The number of rotatable bonds is 4. The Morgan fingerprint density at radius 1 is 1.19 bits per heavy atom. The van der Waals surface area contributed by atoms with Crippen molar-refractivity contribution in [3.63, 3.8) is 0 Å². The highest BCUT2D eigenvalue weighted by Crippen LogP contribution is 2.40. The van der Waals surface area contributed by atoms with E-state index in [1.165, 1.54) is 69.8 Å². The van der Waals surface area contributed by atoms with Gasteiger partial charge in [-0.25, -0.2) is 0 Å². The van der Waals surface area contributed by atoms with Crippen LogP contribution >= 0.6 is 15.9 Å². The molecule has 1 saturated heterocycles. The van der Waals surface area contributed by atoms with Gasteiger partial charge >= 0.3 is 0 Å². The Labute approximate surface area is 109 Å². The lowest BCUT2D eigenvalue weighted by atomic mass is 9.75. The molecule has 2 heteroatoms. The molecule has 2 fully saturated rings. The van der Waals surface area contributed by atoms with Gasteiger partial charge in [0.25, 0.3) is 0 Å². The van der Waals surface area contributed by atoms with Gasteiger partial charge in [0, 0.05) is 17.9 Å². The molecule has 0 amide bonds. The zero-order valence-electron chi connectivity index (χ0n) is 10.7. The molecular weight excluding hydrogens is 262 g/mol. The fourth-order valence-corrected chi connectivity index (χ4v) is 4.37. The molecule has 0 N–H and O–H groups in total. The smallest absolute Gasteiger partial charge is 0.0100 e. The second-order valence-corrected chi connectivity index (χ2v) is 6.43. The molecule has 16 heavy (non-hydrogen) atoms. The molecule has 1 nitrogen and oxygen atoms in total. The number of halogens is 1. The van der Waals surface area contributed by atoms with E-state index < -0.39 is 0 Å². The first-order valence-electron chi connectivity index (χ1n) is 7.10. The Morgan fingerprint density at radius 2 is 1.94 bits per heavy atom. The third-order valence-corrected chi connectivity index (χ3v) is 5.90. The van der Waals surface area contributed by atoms with Crippen molar-refractivity contribution in [2.24, 2.45) is 5.41 Å². The number of alkyl halides is 1. The van der Waals surface area contributed by atoms with Crippen LogP contribution in [-0.4, -0.2) is 29.4 Å². The average Bonchev–Trinajstić information content (AvgIpc) is 2.77. The lowest BCUT2D eigenvalue weighted by Crippen LogP contribution is -2.42. The molecule has 0 aromatic rings. The normalized spacial score (nSPS) is 30.8. The van der Waals surface area contributed by atoms with Gasteiger partial charge in [0.15, 0.2) is 0 Å². The fraction of sp³-hybridized carbons (Fsp3) is 1.00. The molecule has 94 valence electrons. The van der Waals surface area contributed by atoms with Crippen molar-refractivity contribution in [2.75, 3.05) is 18.4 Å². The van der Waals surface area contributed by atoms with Crippen LogP contribution in [0.2, 0.25) is 0 Å². The number of hydrogen-bond acceptors (Lipinski definition) is 1. The highest BCUT2D eigenvalue weighted by atomic mass is 79.9. The van der Waals surface area contributed by atoms with Crippen molar-refractivity contribution in [3.8, 4) is 0 Å². The molecule has 0 bridgehead atoms. The molecule has 2 rings (SSSR count). The first kappa shape index (κ1) is 12.9. The van der Waals surface area contributed by atoms with Crippen LogP contribution in [0.4, 0.5) is 0 Å². The highest BCUT2D eigenvalue weighted by molar-refractivity contribution is 9.09. The highest BCUT2D eigenvalue weighted by Gasteiger charge is 2.35. The maximum Gasteiger partial charge on any atom is 0.0100 e. The van der Waals surface area contributed by atoms with Gasteiger partial charge in [-0.15, -0.1) is 0 Å². The van der Waals surface area contributed by atoms with E-state index in [2.05, 4.69) is 27.8 Å². The van der Waals surface area contributed by atoms with Crippen LogP contribution < -0.4 is 0 Å². The third-order valence-electron chi connectivity index (χ3n) is 4.71. The van der Waals surface area contributed by atoms with Gasteiger partial charge in [0.2, 0.25) is 0 Å². The zero-order valence-corrected chi connectivity index (χ0v) is 12.3. The minimum Gasteiger partial charge on any atom is -0.300 e. The largest absolute Gasteiger partial charge is 0.300 e. The van der Waals surface area contributed by atoms with Crippen molar-refractivity contribution < 1.29 is 0 Å². The fourth-order valence-electron chi connectivity index (χ4n) is 3.63. The molecule has 0 spiro atoms. The first-order chi connectivity index (χ1) is 7.79. The summed E-state index contributed by atoms with van der Waals surface area (Å²) in [5, 5.41) is 1.22.